The largest absolute Gasteiger partial charge is 1.00 e. The van der Waals surface area contributed by atoms with Crippen molar-refractivity contribution in [3.8, 4) is 11.5 Å². The number of benzene rings is 3. The van der Waals surface area contributed by atoms with Crippen molar-refractivity contribution in [2.75, 3.05) is 40.4 Å². The molecule has 0 saturated carbocycles. The second kappa shape index (κ2) is 17.1. The molecule has 6 fully saturated rings. The molecule has 4 bridgehead atoms. The van der Waals surface area contributed by atoms with Gasteiger partial charge in [0.1, 0.15) is 48.9 Å². The van der Waals surface area contributed by atoms with Crippen LogP contribution < -0.4 is 43.4 Å². The molecular formula is C48H56Br2N4O4. The molecule has 0 aliphatic carbocycles. The van der Waals surface area contributed by atoms with E-state index in [1.165, 1.54) is 11.1 Å². The van der Waals surface area contributed by atoms with Crippen molar-refractivity contribution in [3.05, 3.63) is 133 Å². The number of ether oxygens (including phenoxy) is 2. The normalized spacial score (nSPS) is 29.5. The van der Waals surface area contributed by atoms with Crippen LogP contribution in [0.4, 0.5) is 0 Å². The fraction of sp³-hybridized carbons (Fsp3) is 0.417. The molecule has 0 radical (unpaired) electrons. The summed E-state index contributed by atoms with van der Waals surface area (Å²) in [4.78, 5) is 9.22. The number of nitrogens with zero attached hydrogens (tertiary/aromatic N) is 4. The highest BCUT2D eigenvalue weighted by Crippen LogP contribution is 2.50. The zero-order valence-corrected chi connectivity index (χ0v) is 36.8. The smallest absolute Gasteiger partial charge is 0.131 e. The third-order valence-electron chi connectivity index (χ3n) is 14.7. The average molecular weight is 913 g/mol. The number of halogens is 2. The standard InChI is InChI=1S/C48H56N4O4.2BrH/c1-5-33-29-51(21-17-35(33)23-45(51)47(53)39-15-19-49-43-13-11-37(55-3)25-41(39)43)27-31-7-9-32(10-8-31)28-52-22-18-36(34(6-2)30-52)24-46(52)48(54)40-16-20-50-44-14-12-38(56-4)26-42(40)44;;/h5-16,19-20,25-26,33-36,45-48,53-54H,1-2,17-18,21-24,27-30H2,3-4H3;2*1H/q+2;;/p-2/t33-,34-,35-,36-,45-,46-,47+,48+,51+,52+;;/m0../s1. The Kier molecular flexibility index (Phi) is 12.6. The first kappa shape index (κ1) is 42.5. The minimum Gasteiger partial charge on any atom is -1.00 e. The Hall–Kier alpha value is -3.64. The number of pyridine rings is 2. The zero-order valence-electron chi connectivity index (χ0n) is 33.6. The highest BCUT2D eigenvalue weighted by molar-refractivity contribution is 5.84. The lowest BCUT2D eigenvalue weighted by atomic mass is 9.71. The van der Waals surface area contributed by atoms with Crippen LogP contribution in [0.3, 0.4) is 0 Å². The van der Waals surface area contributed by atoms with Gasteiger partial charge >= 0.3 is 0 Å². The van der Waals surface area contributed by atoms with Crippen molar-refractivity contribution >= 4 is 21.8 Å². The zero-order chi connectivity index (χ0) is 38.6. The second-order valence-corrected chi connectivity index (χ2v) is 17.3. The van der Waals surface area contributed by atoms with Gasteiger partial charge in [-0.2, -0.15) is 0 Å². The maximum Gasteiger partial charge on any atom is 0.131 e. The Labute approximate surface area is 363 Å². The maximum atomic E-state index is 12.3. The number of hydrogen-bond donors (Lipinski definition) is 2. The molecule has 5 aromatic rings. The van der Waals surface area contributed by atoms with Crippen molar-refractivity contribution < 1.29 is 62.6 Å². The molecule has 6 aliphatic rings. The minimum atomic E-state index is -0.627. The van der Waals surface area contributed by atoms with Crippen LogP contribution in [0.1, 0.15) is 60.1 Å². The number of rotatable bonds is 12. The maximum absolute atomic E-state index is 12.3. The molecule has 10 atom stereocenters. The van der Waals surface area contributed by atoms with E-state index in [1.807, 2.05) is 60.9 Å². The summed E-state index contributed by atoms with van der Waals surface area (Å²) >= 11 is 0. The first-order valence-corrected chi connectivity index (χ1v) is 20.5. The average Bonchev–Trinajstić information content (AvgIpc) is 3.25. The van der Waals surface area contributed by atoms with E-state index >= 15 is 0 Å². The lowest BCUT2D eigenvalue weighted by Crippen LogP contribution is -3.00. The molecule has 0 amide bonds. The van der Waals surface area contributed by atoms with Crippen LogP contribution in [0.2, 0.25) is 0 Å². The molecule has 306 valence electrons. The molecule has 2 N–H and O–H groups in total. The molecule has 10 heteroatoms. The van der Waals surface area contributed by atoms with Crippen molar-refractivity contribution in [2.45, 2.75) is 63.1 Å². The van der Waals surface area contributed by atoms with Crippen LogP contribution in [0, 0.1) is 23.7 Å². The fourth-order valence-corrected chi connectivity index (χ4v) is 11.7. The minimum absolute atomic E-state index is 0. The number of piperidine rings is 6. The van der Waals surface area contributed by atoms with Gasteiger partial charge in [-0.25, -0.2) is 0 Å². The van der Waals surface area contributed by atoms with Crippen molar-refractivity contribution in [1.82, 2.24) is 9.97 Å². The monoisotopic (exact) mass is 910 g/mol. The predicted molar refractivity (Wildman–Crippen MR) is 221 cm³/mol. The summed E-state index contributed by atoms with van der Waals surface area (Å²) in [5, 5.41) is 26.6. The third-order valence-corrected chi connectivity index (χ3v) is 14.7. The van der Waals surface area contributed by atoms with Crippen molar-refractivity contribution in [1.29, 1.82) is 0 Å². The molecule has 6 aliphatic heterocycles. The summed E-state index contributed by atoms with van der Waals surface area (Å²) in [5.74, 6) is 3.50. The van der Waals surface area contributed by atoms with E-state index in [-0.39, 0.29) is 46.0 Å². The number of aromatic nitrogens is 2. The number of methoxy groups -OCH3 is 2. The summed E-state index contributed by atoms with van der Waals surface area (Å²) in [6.45, 7) is 14.3. The van der Waals surface area contributed by atoms with Crippen LogP contribution in [0.25, 0.3) is 21.8 Å². The number of quaternary nitrogens is 2. The van der Waals surface area contributed by atoms with Crippen LogP contribution >= 0.6 is 0 Å². The SMILES string of the molecule is C=C[C@H]1C[N@+]2(Cc3ccc(C[N@@+]45CC[C@@H](C[C@H]4[C@H](O)c4ccnc6ccc(OC)cc46)[C@@H](C=C)C5)cc3)CC[C@H]1C[C@H]2[C@H](O)c1ccnc2ccc(OC)cc12.[Br-].[Br-]. The van der Waals surface area contributed by atoms with Gasteiger partial charge in [0.05, 0.1) is 51.4 Å². The Morgan fingerprint density at radius 1 is 0.655 bits per heavy atom. The van der Waals surface area contributed by atoms with Gasteiger partial charge in [-0.1, -0.05) is 36.4 Å². The summed E-state index contributed by atoms with van der Waals surface area (Å²) < 4.78 is 12.9. The Balaban J connectivity index is 0.00000256. The Bertz CT molecular complexity index is 2110. The van der Waals surface area contributed by atoms with E-state index in [4.69, 9.17) is 9.47 Å². The number of fused-ring (bicyclic) bond motifs is 8. The highest BCUT2D eigenvalue weighted by atomic mass is 79.9. The first-order chi connectivity index (χ1) is 27.3. The molecule has 58 heavy (non-hydrogen) atoms. The molecular weight excluding hydrogens is 856 g/mol. The molecule has 11 rings (SSSR count). The molecule has 8 heterocycles. The van der Waals surface area contributed by atoms with Gasteiger partial charge in [0.2, 0.25) is 0 Å². The lowest BCUT2D eigenvalue weighted by Gasteiger charge is -2.58. The van der Waals surface area contributed by atoms with Crippen molar-refractivity contribution in [2.24, 2.45) is 23.7 Å². The van der Waals surface area contributed by atoms with E-state index in [0.29, 0.717) is 23.7 Å². The lowest BCUT2D eigenvalue weighted by molar-refractivity contribution is -0.985. The third kappa shape index (κ3) is 7.43. The van der Waals surface area contributed by atoms with Gasteiger partial charge in [-0.05, 0) is 71.5 Å². The number of aliphatic hydroxyl groups is 2. The van der Waals surface area contributed by atoms with E-state index in [2.05, 4.69) is 59.5 Å². The van der Waals surface area contributed by atoms with Gasteiger partial charge in [0.15, 0.2) is 0 Å². The van der Waals surface area contributed by atoms with Crippen LogP contribution in [-0.4, -0.2) is 81.6 Å². The van der Waals surface area contributed by atoms with Gasteiger partial charge in [0, 0.05) is 71.8 Å². The quantitative estimate of drug-likeness (QED) is 0.148. The fourth-order valence-electron chi connectivity index (χ4n) is 11.7. The molecule has 0 unspecified atom stereocenters. The number of hydrogen-bond acceptors (Lipinski definition) is 6. The Morgan fingerprint density at radius 2 is 1.07 bits per heavy atom. The molecule has 0 spiro atoms. The summed E-state index contributed by atoms with van der Waals surface area (Å²) in [6.07, 6.45) is 11.0. The summed E-state index contributed by atoms with van der Waals surface area (Å²) in [6, 6.07) is 25.3. The van der Waals surface area contributed by atoms with Crippen LogP contribution in [-0.2, 0) is 13.1 Å². The predicted octanol–water partition coefficient (Wildman–Crippen LogP) is 2.10. The van der Waals surface area contributed by atoms with E-state index in [9.17, 15) is 10.2 Å². The summed E-state index contributed by atoms with van der Waals surface area (Å²) in [5.41, 5.74) is 6.20. The molecule has 8 nitrogen and oxygen atoms in total. The summed E-state index contributed by atoms with van der Waals surface area (Å²) in [7, 11) is 3.36. The topological polar surface area (TPSA) is 84.7 Å². The number of aliphatic hydroxyl groups excluding tert-OH is 2. The van der Waals surface area contributed by atoms with Crippen molar-refractivity contribution in [3.63, 3.8) is 0 Å². The highest BCUT2D eigenvalue weighted by Gasteiger charge is 2.55. The van der Waals surface area contributed by atoms with E-state index in [1.54, 1.807) is 14.2 Å². The van der Waals surface area contributed by atoms with Gasteiger partial charge in [-0.3, -0.25) is 9.97 Å². The van der Waals surface area contributed by atoms with E-state index < -0.39 is 12.2 Å². The van der Waals surface area contributed by atoms with Gasteiger partial charge < -0.3 is 62.6 Å². The first-order valence-electron chi connectivity index (χ1n) is 20.5. The molecule has 6 saturated heterocycles. The van der Waals surface area contributed by atoms with Crippen LogP contribution in [0.15, 0.2) is 111 Å². The van der Waals surface area contributed by atoms with Crippen LogP contribution in [0.5, 0.6) is 11.5 Å². The van der Waals surface area contributed by atoms with Gasteiger partial charge in [0.25, 0.3) is 0 Å². The Morgan fingerprint density at radius 3 is 1.45 bits per heavy atom. The van der Waals surface area contributed by atoms with E-state index in [0.717, 1.165) is 118 Å². The molecule has 2 aromatic heterocycles. The van der Waals surface area contributed by atoms with Gasteiger partial charge in [-0.15, -0.1) is 13.2 Å². The molecule has 3 aromatic carbocycles. The second-order valence-electron chi connectivity index (χ2n) is 17.3.